The third kappa shape index (κ3) is 6.24. The van der Waals surface area contributed by atoms with E-state index in [-0.39, 0.29) is 6.67 Å². The SMILES string of the molecule is [N-]=[N+]=NCN[C@@H](CCCCN)C(=O)O. The van der Waals surface area contributed by atoms with Gasteiger partial charge >= 0.3 is 5.97 Å². The number of nitrogens with two attached hydrogens (primary N) is 1. The molecule has 0 spiro atoms. The number of unbranched alkanes of at least 4 members (excludes halogenated alkanes) is 1. The topological polar surface area (TPSA) is 124 Å². The Hall–Kier alpha value is -1.30. The summed E-state index contributed by atoms with van der Waals surface area (Å²) in [6.45, 7) is 0.554. The average molecular weight is 201 g/mol. The zero-order valence-electron chi connectivity index (χ0n) is 7.89. The number of nitrogens with one attached hydrogen (secondary N) is 1. The normalized spacial score (nSPS) is 11.8. The van der Waals surface area contributed by atoms with Crippen LogP contribution in [0, 0.1) is 0 Å². The molecule has 0 aliphatic carbocycles. The van der Waals surface area contributed by atoms with Crippen LogP contribution in [0.15, 0.2) is 5.11 Å². The first-order valence-electron chi connectivity index (χ1n) is 4.39. The second kappa shape index (κ2) is 8.31. The molecule has 0 aromatic rings. The van der Waals surface area contributed by atoms with Crippen molar-refractivity contribution < 1.29 is 9.90 Å². The second-order valence-corrected chi connectivity index (χ2v) is 2.77. The summed E-state index contributed by atoms with van der Waals surface area (Å²) in [4.78, 5) is 13.2. The zero-order chi connectivity index (χ0) is 10.8. The summed E-state index contributed by atoms with van der Waals surface area (Å²) in [5, 5.41) is 14.6. The molecular formula is C7H15N5O2. The zero-order valence-corrected chi connectivity index (χ0v) is 7.89. The molecule has 0 fully saturated rings. The minimum atomic E-state index is -0.935. The van der Waals surface area contributed by atoms with Gasteiger partial charge in [0, 0.05) is 4.91 Å². The largest absolute Gasteiger partial charge is 0.480 e. The van der Waals surface area contributed by atoms with E-state index >= 15 is 0 Å². The molecule has 0 bridgehead atoms. The predicted molar refractivity (Wildman–Crippen MR) is 51.5 cm³/mol. The fraction of sp³-hybridized carbons (Fsp3) is 0.857. The summed E-state index contributed by atoms with van der Waals surface area (Å²) >= 11 is 0. The molecule has 0 saturated carbocycles. The van der Waals surface area contributed by atoms with E-state index in [0.717, 1.165) is 12.8 Å². The van der Waals surface area contributed by atoms with Gasteiger partial charge < -0.3 is 10.8 Å². The Bertz CT molecular complexity index is 214. The maximum absolute atomic E-state index is 10.7. The number of hydrogen-bond donors (Lipinski definition) is 3. The number of aliphatic carboxylic acids is 1. The summed E-state index contributed by atoms with van der Waals surface area (Å²) in [7, 11) is 0. The van der Waals surface area contributed by atoms with Crippen molar-refractivity contribution >= 4 is 5.97 Å². The number of rotatable bonds is 8. The molecule has 0 saturated heterocycles. The van der Waals surface area contributed by atoms with Crippen LogP contribution in [0.4, 0.5) is 0 Å². The first kappa shape index (κ1) is 12.7. The van der Waals surface area contributed by atoms with Crippen LogP contribution in [-0.2, 0) is 4.79 Å². The molecule has 1 atom stereocenters. The third-order valence-electron chi connectivity index (χ3n) is 1.72. The first-order valence-corrected chi connectivity index (χ1v) is 4.39. The van der Waals surface area contributed by atoms with Gasteiger partial charge in [-0.05, 0) is 24.9 Å². The van der Waals surface area contributed by atoms with Crippen LogP contribution < -0.4 is 11.1 Å². The van der Waals surface area contributed by atoms with Gasteiger partial charge in [-0.3, -0.25) is 10.1 Å². The molecule has 0 aliphatic rings. The van der Waals surface area contributed by atoms with Gasteiger partial charge in [0.25, 0.3) is 0 Å². The van der Waals surface area contributed by atoms with Crippen molar-refractivity contribution in [3.63, 3.8) is 0 Å². The van der Waals surface area contributed by atoms with Crippen LogP contribution in [0.1, 0.15) is 19.3 Å². The molecule has 0 rings (SSSR count). The summed E-state index contributed by atoms with van der Waals surface area (Å²) in [6.07, 6.45) is 2.04. The highest BCUT2D eigenvalue weighted by atomic mass is 16.4. The Morgan fingerprint density at radius 1 is 1.64 bits per heavy atom. The van der Waals surface area contributed by atoms with E-state index in [1.165, 1.54) is 0 Å². The highest BCUT2D eigenvalue weighted by Gasteiger charge is 2.14. The Balaban J connectivity index is 3.77. The van der Waals surface area contributed by atoms with Gasteiger partial charge in [0.1, 0.15) is 6.04 Å². The molecular weight excluding hydrogens is 186 g/mol. The van der Waals surface area contributed by atoms with Gasteiger partial charge in [-0.15, -0.1) is 0 Å². The summed E-state index contributed by atoms with van der Waals surface area (Å²) in [5.41, 5.74) is 13.3. The van der Waals surface area contributed by atoms with E-state index in [4.69, 9.17) is 16.4 Å². The van der Waals surface area contributed by atoms with Crippen LogP contribution >= 0.6 is 0 Å². The van der Waals surface area contributed by atoms with Crippen LogP contribution in [0.2, 0.25) is 0 Å². The summed E-state index contributed by atoms with van der Waals surface area (Å²) in [5.74, 6) is -0.935. The lowest BCUT2D eigenvalue weighted by atomic mass is 10.1. The Kier molecular flexibility index (Phi) is 7.53. The first-order chi connectivity index (χ1) is 6.72. The number of carbonyl (C=O) groups is 1. The molecule has 80 valence electrons. The van der Waals surface area contributed by atoms with E-state index in [0.29, 0.717) is 13.0 Å². The number of azide groups is 1. The van der Waals surface area contributed by atoms with Gasteiger partial charge in [0.05, 0.1) is 6.67 Å². The number of carboxylic acids is 1. The van der Waals surface area contributed by atoms with Crippen LogP contribution in [0.25, 0.3) is 10.4 Å². The van der Waals surface area contributed by atoms with E-state index in [1.54, 1.807) is 0 Å². The second-order valence-electron chi connectivity index (χ2n) is 2.77. The summed E-state index contributed by atoms with van der Waals surface area (Å²) < 4.78 is 0. The Morgan fingerprint density at radius 3 is 2.86 bits per heavy atom. The monoisotopic (exact) mass is 201 g/mol. The van der Waals surface area contributed by atoms with Gasteiger partial charge in [-0.25, -0.2) is 0 Å². The molecule has 14 heavy (non-hydrogen) atoms. The van der Waals surface area contributed by atoms with Crippen LogP contribution in [0.5, 0.6) is 0 Å². The molecule has 0 amide bonds. The predicted octanol–water partition coefficient (Wildman–Crippen LogP) is 0.426. The number of carboxylic acid groups (broad SMARTS) is 1. The van der Waals surface area contributed by atoms with Crippen molar-refractivity contribution in [3.8, 4) is 0 Å². The van der Waals surface area contributed by atoms with E-state index < -0.39 is 12.0 Å². The van der Waals surface area contributed by atoms with Crippen molar-refractivity contribution in [2.75, 3.05) is 13.2 Å². The number of hydrogen-bond acceptors (Lipinski definition) is 4. The van der Waals surface area contributed by atoms with Crippen molar-refractivity contribution in [2.24, 2.45) is 10.8 Å². The Morgan fingerprint density at radius 2 is 2.36 bits per heavy atom. The van der Waals surface area contributed by atoms with Crippen LogP contribution in [-0.4, -0.2) is 30.3 Å². The molecule has 7 heteroatoms. The van der Waals surface area contributed by atoms with E-state index in [9.17, 15) is 4.79 Å². The fourth-order valence-electron chi connectivity index (χ4n) is 0.988. The lowest BCUT2D eigenvalue weighted by Crippen LogP contribution is -2.36. The van der Waals surface area contributed by atoms with E-state index in [2.05, 4.69) is 15.3 Å². The molecule has 0 unspecified atom stereocenters. The minimum absolute atomic E-state index is 0.00388. The molecule has 0 aromatic carbocycles. The smallest absolute Gasteiger partial charge is 0.320 e. The number of nitrogens with zero attached hydrogens (tertiary/aromatic N) is 3. The summed E-state index contributed by atoms with van der Waals surface area (Å²) in [6, 6.07) is -0.660. The van der Waals surface area contributed by atoms with E-state index in [1.807, 2.05) is 0 Å². The molecule has 0 heterocycles. The standard InChI is InChI=1S/C7H15N5O2/c8-4-2-1-3-6(7(13)14)10-5-11-12-9/h6,10H,1-5,8H2,(H,13,14)/t6-/m0/s1. The van der Waals surface area contributed by atoms with Crippen molar-refractivity contribution in [1.29, 1.82) is 0 Å². The minimum Gasteiger partial charge on any atom is -0.480 e. The lowest BCUT2D eigenvalue weighted by Gasteiger charge is -2.11. The molecule has 0 radical (unpaired) electrons. The van der Waals surface area contributed by atoms with Crippen molar-refractivity contribution in [2.45, 2.75) is 25.3 Å². The maximum atomic E-state index is 10.7. The third-order valence-corrected chi connectivity index (χ3v) is 1.72. The van der Waals surface area contributed by atoms with Crippen LogP contribution in [0.3, 0.4) is 0 Å². The Labute approximate surface area is 81.9 Å². The quantitative estimate of drug-likeness (QED) is 0.228. The highest BCUT2D eigenvalue weighted by molar-refractivity contribution is 5.73. The average Bonchev–Trinajstić information content (AvgIpc) is 2.15. The van der Waals surface area contributed by atoms with Crippen molar-refractivity contribution in [1.82, 2.24) is 5.32 Å². The highest BCUT2D eigenvalue weighted by Crippen LogP contribution is 2.00. The molecule has 7 nitrogen and oxygen atoms in total. The van der Waals surface area contributed by atoms with Gasteiger partial charge in [0.15, 0.2) is 0 Å². The molecule has 0 aromatic heterocycles. The van der Waals surface area contributed by atoms with Gasteiger partial charge in [-0.2, -0.15) is 0 Å². The maximum Gasteiger partial charge on any atom is 0.320 e. The molecule has 0 aliphatic heterocycles. The fourth-order valence-corrected chi connectivity index (χ4v) is 0.988. The van der Waals surface area contributed by atoms with Gasteiger partial charge in [-0.1, -0.05) is 11.5 Å². The lowest BCUT2D eigenvalue weighted by molar-refractivity contribution is -0.139. The van der Waals surface area contributed by atoms with Crippen molar-refractivity contribution in [3.05, 3.63) is 10.4 Å². The molecule has 4 N–H and O–H groups in total. The van der Waals surface area contributed by atoms with Gasteiger partial charge in [0.2, 0.25) is 0 Å².